The lowest BCUT2D eigenvalue weighted by molar-refractivity contribution is -0.116. The average Bonchev–Trinajstić information content (AvgIpc) is 2.54. The Morgan fingerprint density at radius 2 is 2.10 bits per heavy atom. The van der Waals surface area contributed by atoms with E-state index in [2.05, 4.69) is 28.9 Å². The molecule has 0 aromatic carbocycles. The summed E-state index contributed by atoms with van der Waals surface area (Å²) in [7, 11) is 0. The molecule has 3 saturated heterocycles. The van der Waals surface area contributed by atoms with E-state index in [9.17, 15) is 0 Å². The molecule has 0 saturated carbocycles. The van der Waals surface area contributed by atoms with Gasteiger partial charge in [-0.25, -0.2) is 0 Å². The minimum absolute atomic E-state index is 0.224. The van der Waals surface area contributed by atoms with Crippen LogP contribution in [0.25, 0.3) is 0 Å². The molecule has 3 heterocycles. The summed E-state index contributed by atoms with van der Waals surface area (Å²) >= 11 is 2.11. The van der Waals surface area contributed by atoms with Gasteiger partial charge in [0, 0.05) is 25.2 Å². The van der Waals surface area contributed by atoms with Crippen LogP contribution in [-0.2, 0) is 4.74 Å². The Kier molecular flexibility index (Phi) is 5.88. The third kappa shape index (κ3) is 3.95. The first kappa shape index (κ1) is 16.1. The molecular weight excluding hydrogens is 280 g/mol. The van der Waals surface area contributed by atoms with Gasteiger partial charge in [-0.05, 0) is 69.5 Å². The van der Waals surface area contributed by atoms with E-state index in [0.29, 0.717) is 0 Å². The molecule has 3 nitrogen and oxygen atoms in total. The van der Waals surface area contributed by atoms with Gasteiger partial charge in [0.15, 0.2) is 0 Å². The summed E-state index contributed by atoms with van der Waals surface area (Å²) in [5.74, 6) is 2.59. The third-order valence-electron chi connectivity index (χ3n) is 5.56. The van der Waals surface area contributed by atoms with Crippen molar-refractivity contribution < 1.29 is 4.74 Å². The highest BCUT2D eigenvalue weighted by Gasteiger charge is 2.41. The van der Waals surface area contributed by atoms with E-state index in [1.165, 1.54) is 76.1 Å². The van der Waals surface area contributed by atoms with Crippen molar-refractivity contribution in [2.45, 2.75) is 69.6 Å². The number of ether oxygens (including phenoxy) is 1. The SMILES string of the molecule is CCCN(C1CCCNC1)C1CCOC2(CCSCC2)C1. The molecule has 1 spiro atoms. The number of thioether (sulfide) groups is 1. The minimum Gasteiger partial charge on any atom is -0.375 e. The van der Waals surface area contributed by atoms with Gasteiger partial charge in [-0.2, -0.15) is 11.8 Å². The number of hydrogen-bond acceptors (Lipinski definition) is 4. The Hall–Kier alpha value is 0.230. The van der Waals surface area contributed by atoms with Gasteiger partial charge in [-0.3, -0.25) is 4.90 Å². The Bertz CT molecular complexity index is 308. The highest BCUT2D eigenvalue weighted by molar-refractivity contribution is 7.99. The van der Waals surface area contributed by atoms with Crippen LogP contribution in [0.3, 0.4) is 0 Å². The van der Waals surface area contributed by atoms with E-state index in [-0.39, 0.29) is 5.60 Å². The lowest BCUT2D eigenvalue weighted by Crippen LogP contribution is -2.56. The molecule has 0 aromatic rings. The summed E-state index contributed by atoms with van der Waals surface area (Å²) in [6, 6.07) is 1.52. The van der Waals surface area contributed by atoms with Gasteiger partial charge in [-0.1, -0.05) is 6.92 Å². The van der Waals surface area contributed by atoms with E-state index in [4.69, 9.17) is 4.74 Å². The van der Waals surface area contributed by atoms with Crippen molar-refractivity contribution in [3.05, 3.63) is 0 Å². The average molecular weight is 313 g/mol. The predicted octanol–water partition coefficient (Wildman–Crippen LogP) is 2.90. The normalized spacial score (nSPS) is 33.4. The quantitative estimate of drug-likeness (QED) is 0.863. The Balaban J connectivity index is 1.66. The fraction of sp³-hybridized carbons (Fsp3) is 1.00. The van der Waals surface area contributed by atoms with Crippen LogP contribution in [0, 0.1) is 0 Å². The lowest BCUT2D eigenvalue weighted by atomic mass is 9.84. The summed E-state index contributed by atoms with van der Waals surface area (Å²) in [5.41, 5.74) is 0.224. The van der Waals surface area contributed by atoms with E-state index in [1.807, 2.05) is 0 Å². The van der Waals surface area contributed by atoms with Crippen molar-refractivity contribution in [1.29, 1.82) is 0 Å². The Morgan fingerprint density at radius 3 is 2.81 bits per heavy atom. The molecule has 122 valence electrons. The van der Waals surface area contributed by atoms with Crippen LogP contribution in [0.1, 0.15) is 51.9 Å². The van der Waals surface area contributed by atoms with E-state index in [1.54, 1.807) is 0 Å². The number of nitrogens with one attached hydrogen (secondary N) is 1. The minimum atomic E-state index is 0.224. The monoisotopic (exact) mass is 312 g/mol. The second kappa shape index (κ2) is 7.67. The second-order valence-corrected chi connectivity index (χ2v) is 8.25. The number of nitrogens with zero attached hydrogens (tertiary/aromatic N) is 1. The third-order valence-corrected chi connectivity index (χ3v) is 6.55. The van der Waals surface area contributed by atoms with Gasteiger partial charge in [-0.15, -0.1) is 0 Å². The van der Waals surface area contributed by atoms with Crippen LogP contribution in [0.15, 0.2) is 0 Å². The van der Waals surface area contributed by atoms with E-state index < -0.39 is 0 Å². The lowest BCUT2D eigenvalue weighted by Gasteiger charge is -2.49. The van der Waals surface area contributed by atoms with Gasteiger partial charge < -0.3 is 10.1 Å². The molecule has 21 heavy (non-hydrogen) atoms. The molecule has 0 aromatic heterocycles. The molecule has 3 rings (SSSR count). The molecule has 4 heteroatoms. The van der Waals surface area contributed by atoms with Gasteiger partial charge in [0.1, 0.15) is 0 Å². The summed E-state index contributed by atoms with van der Waals surface area (Å²) in [6.07, 6.45) is 9.07. The van der Waals surface area contributed by atoms with Crippen LogP contribution in [0.5, 0.6) is 0 Å². The van der Waals surface area contributed by atoms with Crippen LogP contribution < -0.4 is 5.32 Å². The molecule has 0 radical (unpaired) electrons. The van der Waals surface area contributed by atoms with Crippen LogP contribution in [-0.4, -0.2) is 60.3 Å². The first-order chi connectivity index (χ1) is 10.3. The Morgan fingerprint density at radius 1 is 1.24 bits per heavy atom. The number of piperidine rings is 1. The highest BCUT2D eigenvalue weighted by atomic mass is 32.2. The smallest absolute Gasteiger partial charge is 0.0713 e. The summed E-state index contributed by atoms with van der Waals surface area (Å²) in [6.45, 7) is 6.98. The molecule has 2 atom stereocenters. The van der Waals surface area contributed by atoms with E-state index in [0.717, 1.165) is 18.7 Å². The zero-order chi connectivity index (χ0) is 14.5. The van der Waals surface area contributed by atoms with Crippen LogP contribution >= 0.6 is 11.8 Å². The molecule has 3 aliphatic heterocycles. The largest absolute Gasteiger partial charge is 0.375 e. The highest BCUT2D eigenvalue weighted by Crippen LogP contribution is 2.39. The first-order valence-electron chi connectivity index (χ1n) is 9.01. The maximum absolute atomic E-state index is 6.30. The van der Waals surface area contributed by atoms with Gasteiger partial charge in [0.2, 0.25) is 0 Å². The van der Waals surface area contributed by atoms with E-state index >= 15 is 0 Å². The summed E-state index contributed by atoms with van der Waals surface area (Å²) in [5, 5.41) is 3.61. The molecular formula is C17H32N2OS. The maximum atomic E-state index is 6.30. The summed E-state index contributed by atoms with van der Waals surface area (Å²) in [4.78, 5) is 2.85. The molecule has 3 fully saturated rings. The first-order valence-corrected chi connectivity index (χ1v) is 10.2. The van der Waals surface area contributed by atoms with Gasteiger partial charge in [0.25, 0.3) is 0 Å². The molecule has 2 unspecified atom stereocenters. The standard InChI is InChI=1S/C17H32N2OS/c1-2-9-19(16-4-3-8-18-14-16)15-5-10-20-17(13-15)6-11-21-12-7-17/h15-16,18H,2-14H2,1H3. The van der Waals surface area contributed by atoms with Crippen molar-refractivity contribution in [1.82, 2.24) is 10.2 Å². The van der Waals surface area contributed by atoms with Crippen molar-refractivity contribution in [3.63, 3.8) is 0 Å². The van der Waals surface area contributed by atoms with Crippen molar-refractivity contribution >= 4 is 11.8 Å². The van der Waals surface area contributed by atoms with Gasteiger partial charge in [0.05, 0.1) is 5.60 Å². The molecule has 0 bridgehead atoms. The maximum Gasteiger partial charge on any atom is 0.0713 e. The van der Waals surface area contributed by atoms with Gasteiger partial charge >= 0.3 is 0 Å². The molecule has 1 N–H and O–H groups in total. The molecule has 0 amide bonds. The summed E-state index contributed by atoms with van der Waals surface area (Å²) < 4.78 is 6.30. The Labute approximate surface area is 134 Å². The number of hydrogen-bond donors (Lipinski definition) is 1. The van der Waals surface area contributed by atoms with Crippen LogP contribution in [0.4, 0.5) is 0 Å². The molecule has 0 aliphatic carbocycles. The fourth-order valence-corrected chi connectivity index (χ4v) is 5.65. The zero-order valence-corrected chi connectivity index (χ0v) is 14.4. The van der Waals surface area contributed by atoms with Crippen molar-refractivity contribution in [2.75, 3.05) is 37.7 Å². The fourth-order valence-electron chi connectivity index (χ4n) is 4.41. The zero-order valence-electron chi connectivity index (χ0n) is 13.6. The topological polar surface area (TPSA) is 24.5 Å². The van der Waals surface area contributed by atoms with Crippen molar-refractivity contribution in [3.8, 4) is 0 Å². The van der Waals surface area contributed by atoms with Crippen LogP contribution in [0.2, 0.25) is 0 Å². The second-order valence-electron chi connectivity index (χ2n) is 7.03. The molecule has 3 aliphatic rings. The predicted molar refractivity (Wildman–Crippen MR) is 91.2 cm³/mol. The number of rotatable bonds is 4. The van der Waals surface area contributed by atoms with Crippen molar-refractivity contribution in [2.24, 2.45) is 0 Å².